The predicted molar refractivity (Wildman–Crippen MR) is 60.9 cm³/mol. The Morgan fingerprint density at radius 2 is 2.40 bits per heavy atom. The van der Waals surface area contributed by atoms with Crippen molar-refractivity contribution in [2.45, 2.75) is 25.8 Å². The van der Waals surface area contributed by atoms with Crippen LogP contribution in [0.2, 0.25) is 0 Å². The summed E-state index contributed by atoms with van der Waals surface area (Å²) in [5.74, 6) is 0. The van der Waals surface area contributed by atoms with E-state index in [0.717, 1.165) is 26.1 Å². The Bertz CT molecular complexity index is 273. The Morgan fingerprint density at radius 1 is 1.60 bits per heavy atom. The van der Waals surface area contributed by atoms with E-state index in [9.17, 15) is 0 Å². The van der Waals surface area contributed by atoms with Crippen molar-refractivity contribution in [1.82, 2.24) is 15.1 Å². The van der Waals surface area contributed by atoms with Gasteiger partial charge >= 0.3 is 0 Å². The number of hydrogen-bond donors (Lipinski definition) is 1. The first kappa shape index (κ1) is 12.2. The van der Waals surface area contributed by atoms with Crippen LogP contribution in [0, 0.1) is 0 Å². The molecule has 0 aromatic carbocycles. The van der Waals surface area contributed by atoms with E-state index in [-0.39, 0.29) is 0 Å². The molecule has 0 radical (unpaired) electrons. The number of rotatable bonds is 7. The normalized spacial score (nSPS) is 13.0. The molecule has 1 atom stereocenters. The minimum atomic E-state index is 0.376. The maximum atomic E-state index is 5.53. The van der Waals surface area contributed by atoms with Gasteiger partial charge in [-0.15, -0.1) is 0 Å². The summed E-state index contributed by atoms with van der Waals surface area (Å²) < 4.78 is 7.35. The highest BCUT2D eigenvalue weighted by Crippen LogP contribution is 2.02. The predicted octanol–water partition coefficient (Wildman–Crippen LogP) is 0.977. The molecule has 15 heavy (non-hydrogen) atoms. The molecule has 1 N–H and O–H groups in total. The third-order valence-corrected chi connectivity index (χ3v) is 2.32. The topological polar surface area (TPSA) is 39.1 Å². The second kappa shape index (κ2) is 6.58. The van der Waals surface area contributed by atoms with E-state index in [1.165, 1.54) is 5.56 Å². The molecule has 0 saturated carbocycles. The molecule has 0 aliphatic rings. The molecule has 4 heteroatoms. The van der Waals surface area contributed by atoms with Gasteiger partial charge in [0.05, 0.1) is 12.8 Å². The zero-order chi connectivity index (χ0) is 11.1. The van der Waals surface area contributed by atoms with Gasteiger partial charge in [0.25, 0.3) is 0 Å². The number of nitrogens with zero attached hydrogens (tertiary/aromatic N) is 2. The largest absolute Gasteiger partial charge is 0.380 e. The summed E-state index contributed by atoms with van der Waals surface area (Å²) in [5, 5.41) is 7.41. The Morgan fingerprint density at radius 3 is 2.93 bits per heavy atom. The summed E-state index contributed by atoms with van der Waals surface area (Å²) in [7, 11) is 3.90. The molecule has 0 saturated heterocycles. The fourth-order valence-corrected chi connectivity index (χ4v) is 1.48. The summed E-state index contributed by atoms with van der Waals surface area (Å²) in [4.78, 5) is 0. The maximum absolute atomic E-state index is 5.53. The van der Waals surface area contributed by atoms with Crippen LogP contribution in [0.3, 0.4) is 0 Å². The molecule has 86 valence electrons. The van der Waals surface area contributed by atoms with Crippen molar-refractivity contribution in [1.29, 1.82) is 0 Å². The number of nitrogens with one attached hydrogen (secondary N) is 1. The molecule has 0 fully saturated rings. The van der Waals surface area contributed by atoms with E-state index in [2.05, 4.69) is 17.3 Å². The van der Waals surface area contributed by atoms with Gasteiger partial charge in [-0.05, 0) is 25.5 Å². The SMILES string of the molecule is CCCOCC(Cc1cnn(C)c1)NC. The summed E-state index contributed by atoms with van der Waals surface area (Å²) in [6.07, 6.45) is 5.99. The molecule has 0 bridgehead atoms. The molecular formula is C11H21N3O. The monoisotopic (exact) mass is 211 g/mol. The molecule has 0 spiro atoms. The third-order valence-electron chi connectivity index (χ3n) is 2.32. The molecule has 1 aromatic rings. The van der Waals surface area contributed by atoms with Crippen molar-refractivity contribution in [3.63, 3.8) is 0 Å². The van der Waals surface area contributed by atoms with Gasteiger partial charge in [-0.3, -0.25) is 4.68 Å². The Hall–Kier alpha value is -0.870. The van der Waals surface area contributed by atoms with Crippen LogP contribution in [0.25, 0.3) is 0 Å². The standard InChI is InChI=1S/C11H21N3O/c1-4-5-15-9-11(12-2)6-10-7-13-14(3)8-10/h7-8,11-12H,4-6,9H2,1-3H3. The van der Waals surface area contributed by atoms with Crippen LogP contribution in [-0.4, -0.2) is 36.1 Å². The van der Waals surface area contributed by atoms with Crippen LogP contribution in [-0.2, 0) is 18.2 Å². The van der Waals surface area contributed by atoms with Crippen molar-refractivity contribution in [2.24, 2.45) is 7.05 Å². The third kappa shape index (κ3) is 4.44. The first-order chi connectivity index (χ1) is 7.26. The van der Waals surface area contributed by atoms with Crippen LogP contribution in [0.5, 0.6) is 0 Å². The molecule has 1 rings (SSSR count). The highest BCUT2D eigenvalue weighted by atomic mass is 16.5. The van der Waals surface area contributed by atoms with Gasteiger partial charge in [-0.1, -0.05) is 6.92 Å². The van der Waals surface area contributed by atoms with Crippen LogP contribution in [0.1, 0.15) is 18.9 Å². The molecule has 1 unspecified atom stereocenters. The van der Waals surface area contributed by atoms with Crippen LogP contribution < -0.4 is 5.32 Å². The highest BCUT2D eigenvalue weighted by Gasteiger charge is 2.08. The minimum absolute atomic E-state index is 0.376. The number of hydrogen-bond acceptors (Lipinski definition) is 3. The van der Waals surface area contributed by atoms with Gasteiger partial charge in [-0.2, -0.15) is 5.10 Å². The number of aryl methyl sites for hydroxylation is 1. The highest BCUT2D eigenvalue weighted by molar-refractivity contribution is 5.05. The minimum Gasteiger partial charge on any atom is -0.380 e. The Labute approximate surface area is 91.6 Å². The fourth-order valence-electron chi connectivity index (χ4n) is 1.48. The number of likely N-dealkylation sites (N-methyl/N-ethyl adjacent to an activating group) is 1. The average Bonchev–Trinajstić information content (AvgIpc) is 2.63. The second-order valence-electron chi connectivity index (χ2n) is 3.79. The molecule has 1 heterocycles. The van der Waals surface area contributed by atoms with E-state index in [0.29, 0.717) is 6.04 Å². The lowest BCUT2D eigenvalue weighted by Crippen LogP contribution is -2.32. The molecule has 1 aromatic heterocycles. The van der Waals surface area contributed by atoms with Crippen molar-refractivity contribution < 1.29 is 4.74 Å². The van der Waals surface area contributed by atoms with Gasteiger partial charge < -0.3 is 10.1 Å². The smallest absolute Gasteiger partial charge is 0.0622 e. The molecular weight excluding hydrogens is 190 g/mol. The van der Waals surface area contributed by atoms with E-state index in [1.807, 2.05) is 31.2 Å². The second-order valence-corrected chi connectivity index (χ2v) is 3.79. The van der Waals surface area contributed by atoms with Crippen LogP contribution in [0.4, 0.5) is 0 Å². The van der Waals surface area contributed by atoms with Gasteiger partial charge in [0.1, 0.15) is 0 Å². The van der Waals surface area contributed by atoms with E-state index < -0.39 is 0 Å². The molecule has 0 aliphatic heterocycles. The zero-order valence-electron chi connectivity index (χ0n) is 9.86. The van der Waals surface area contributed by atoms with Crippen molar-refractivity contribution in [3.05, 3.63) is 18.0 Å². The summed E-state index contributed by atoms with van der Waals surface area (Å²) >= 11 is 0. The first-order valence-electron chi connectivity index (χ1n) is 5.48. The molecule has 0 amide bonds. The average molecular weight is 211 g/mol. The van der Waals surface area contributed by atoms with Gasteiger partial charge in [0, 0.05) is 25.9 Å². The lowest BCUT2D eigenvalue weighted by atomic mass is 10.1. The van der Waals surface area contributed by atoms with Crippen molar-refractivity contribution in [2.75, 3.05) is 20.3 Å². The summed E-state index contributed by atoms with van der Waals surface area (Å²) in [6.45, 7) is 3.72. The van der Waals surface area contributed by atoms with Crippen molar-refractivity contribution in [3.8, 4) is 0 Å². The molecule has 0 aliphatic carbocycles. The van der Waals surface area contributed by atoms with E-state index in [4.69, 9.17) is 4.74 Å². The Balaban J connectivity index is 2.33. The van der Waals surface area contributed by atoms with E-state index >= 15 is 0 Å². The maximum Gasteiger partial charge on any atom is 0.0622 e. The number of aromatic nitrogens is 2. The van der Waals surface area contributed by atoms with Gasteiger partial charge in [0.2, 0.25) is 0 Å². The Kier molecular flexibility index (Phi) is 5.36. The van der Waals surface area contributed by atoms with Crippen LogP contribution in [0.15, 0.2) is 12.4 Å². The number of ether oxygens (including phenoxy) is 1. The molecule has 4 nitrogen and oxygen atoms in total. The fraction of sp³-hybridized carbons (Fsp3) is 0.727. The van der Waals surface area contributed by atoms with Gasteiger partial charge in [-0.25, -0.2) is 0 Å². The lowest BCUT2D eigenvalue weighted by molar-refractivity contribution is 0.114. The summed E-state index contributed by atoms with van der Waals surface area (Å²) in [6, 6.07) is 0.376. The first-order valence-corrected chi connectivity index (χ1v) is 5.48. The zero-order valence-corrected chi connectivity index (χ0v) is 9.86. The van der Waals surface area contributed by atoms with Gasteiger partial charge in [0.15, 0.2) is 0 Å². The van der Waals surface area contributed by atoms with Crippen LogP contribution >= 0.6 is 0 Å². The van der Waals surface area contributed by atoms with E-state index in [1.54, 1.807) is 0 Å². The van der Waals surface area contributed by atoms with Crippen molar-refractivity contribution >= 4 is 0 Å². The summed E-state index contributed by atoms with van der Waals surface area (Å²) in [5.41, 5.74) is 1.25. The quantitative estimate of drug-likeness (QED) is 0.683. The lowest BCUT2D eigenvalue weighted by Gasteiger charge is -2.15.